The average Bonchev–Trinajstić information content (AvgIpc) is 3.13. The molecule has 1 unspecified atom stereocenters. The summed E-state index contributed by atoms with van der Waals surface area (Å²) >= 11 is 0. The van der Waals surface area contributed by atoms with Crippen LogP contribution in [0.25, 0.3) is 17.3 Å². The Balaban J connectivity index is 1.34. The van der Waals surface area contributed by atoms with Gasteiger partial charge in [0.1, 0.15) is 6.04 Å². The number of aromatic nitrogens is 3. The normalized spacial score (nSPS) is 13.2. The predicted octanol–water partition coefficient (Wildman–Crippen LogP) is 5.79. The lowest BCUT2D eigenvalue weighted by atomic mass is 9.97. The van der Waals surface area contributed by atoms with E-state index in [4.69, 9.17) is 4.74 Å². The third-order valence-corrected chi connectivity index (χ3v) is 8.22. The molecule has 0 bridgehead atoms. The van der Waals surface area contributed by atoms with Crippen LogP contribution < -0.4 is 4.74 Å². The van der Waals surface area contributed by atoms with Crippen molar-refractivity contribution in [2.45, 2.75) is 32.0 Å². The van der Waals surface area contributed by atoms with Gasteiger partial charge in [-0.15, -0.1) is 0 Å². The molecule has 0 spiro atoms. The van der Waals surface area contributed by atoms with Crippen LogP contribution in [0.1, 0.15) is 27.8 Å². The number of rotatable bonds is 10. The van der Waals surface area contributed by atoms with Crippen molar-refractivity contribution in [1.82, 2.24) is 25.0 Å². The molecule has 2 aromatic heterocycles. The van der Waals surface area contributed by atoms with E-state index in [1.54, 1.807) is 36.5 Å². The van der Waals surface area contributed by atoms with Crippen molar-refractivity contribution in [1.29, 1.82) is 0 Å². The van der Waals surface area contributed by atoms with Crippen LogP contribution in [0.5, 0.6) is 5.88 Å². The predicted molar refractivity (Wildman–Crippen MR) is 177 cm³/mol. The fourth-order valence-electron chi connectivity index (χ4n) is 5.71. The average molecular weight is 610 g/mol. The third kappa shape index (κ3) is 7.35. The number of fused-ring (bicyclic) bond motifs is 1. The summed E-state index contributed by atoms with van der Waals surface area (Å²) in [6.07, 6.45) is 7.70. The van der Waals surface area contributed by atoms with Gasteiger partial charge in [-0.2, -0.15) is 10.2 Å². The van der Waals surface area contributed by atoms with Crippen LogP contribution in [-0.2, 0) is 35.5 Å². The molecule has 230 valence electrons. The second-order valence-electron chi connectivity index (χ2n) is 11.2. The first-order valence-corrected chi connectivity index (χ1v) is 15.3. The van der Waals surface area contributed by atoms with Gasteiger partial charge in [-0.25, -0.2) is 4.98 Å². The van der Waals surface area contributed by atoms with E-state index >= 15 is 0 Å². The van der Waals surface area contributed by atoms with E-state index in [0.29, 0.717) is 25.4 Å². The zero-order valence-electron chi connectivity index (χ0n) is 25.7. The largest absolute Gasteiger partial charge is 0.481 e. The Morgan fingerprint density at radius 2 is 1.67 bits per heavy atom. The van der Waals surface area contributed by atoms with Gasteiger partial charge >= 0.3 is 0 Å². The molecule has 1 aliphatic rings. The second kappa shape index (κ2) is 14.4. The van der Waals surface area contributed by atoms with Crippen molar-refractivity contribution >= 4 is 17.9 Å². The molecule has 0 aliphatic carbocycles. The SMILES string of the molecule is COc1ccc(C=CC(=O)N(Cc2ccc(-c3cccnn3)cc2)C(Cc2ccccc2)C(=O)N2CCc3ccccc3C2)cn1. The van der Waals surface area contributed by atoms with Crippen molar-refractivity contribution in [3.63, 3.8) is 0 Å². The zero-order valence-corrected chi connectivity index (χ0v) is 25.7. The van der Waals surface area contributed by atoms with Gasteiger partial charge in [-0.1, -0.05) is 78.9 Å². The molecule has 1 atom stereocenters. The summed E-state index contributed by atoms with van der Waals surface area (Å²) in [7, 11) is 1.56. The number of ether oxygens (including phenoxy) is 1. The molecule has 3 heterocycles. The van der Waals surface area contributed by atoms with Gasteiger partial charge in [0.15, 0.2) is 0 Å². The molecule has 46 heavy (non-hydrogen) atoms. The number of hydrogen-bond acceptors (Lipinski definition) is 6. The molecule has 6 rings (SSSR count). The number of carbonyl (C=O) groups excluding carboxylic acids is 2. The van der Waals surface area contributed by atoms with Gasteiger partial charge in [0.05, 0.1) is 12.8 Å². The van der Waals surface area contributed by atoms with Crippen molar-refractivity contribution in [2.24, 2.45) is 0 Å². The highest BCUT2D eigenvalue weighted by molar-refractivity contribution is 5.95. The lowest BCUT2D eigenvalue weighted by Crippen LogP contribution is -2.52. The highest BCUT2D eigenvalue weighted by Gasteiger charge is 2.34. The minimum atomic E-state index is -0.724. The molecule has 0 radical (unpaired) electrons. The van der Waals surface area contributed by atoms with Crippen LogP contribution in [0.3, 0.4) is 0 Å². The molecule has 3 aromatic carbocycles. The fourth-order valence-corrected chi connectivity index (χ4v) is 5.71. The Kier molecular flexibility index (Phi) is 9.54. The summed E-state index contributed by atoms with van der Waals surface area (Å²) in [5.41, 5.74) is 6.73. The standard InChI is InChI=1S/C38H35N5O3/c1-46-36-19-15-29(25-39-36)16-20-37(44)43(26-30-13-17-32(18-14-30)34-12-7-22-40-41-34)35(24-28-8-3-2-4-9-28)38(45)42-23-21-31-10-5-6-11-33(31)27-42/h2-20,22,25,35H,21,23-24,26-27H2,1H3. The van der Waals surface area contributed by atoms with Crippen LogP contribution in [0.4, 0.5) is 0 Å². The monoisotopic (exact) mass is 609 g/mol. The van der Waals surface area contributed by atoms with Gasteiger partial charge < -0.3 is 14.5 Å². The molecule has 1 aliphatic heterocycles. The first kappa shape index (κ1) is 30.4. The summed E-state index contributed by atoms with van der Waals surface area (Å²) in [6, 6.07) is 32.6. The smallest absolute Gasteiger partial charge is 0.247 e. The van der Waals surface area contributed by atoms with E-state index in [9.17, 15) is 9.59 Å². The zero-order chi connectivity index (χ0) is 31.7. The van der Waals surface area contributed by atoms with Crippen LogP contribution in [0.2, 0.25) is 0 Å². The lowest BCUT2D eigenvalue weighted by Gasteiger charge is -2.37. The number of benzene rings is 3. The molecule has 0 saturated carbocycles. The van der Waals surface area contributed by atoms with Gasteiger partial charge in [0.2, 0.25) is 17.7 Å². The van der Waals surface area contributed by atoms with E-state index in [-0.39, 0.29) is 18.4 Å². The Hall–Kier alpha value is -5.63. The second-order valence-corrected chi connectivity index (χ2v) is 11.2. The van der Waals surface area contributed by atoms with Gasteiger partial charge in [0.25, 0.3) is 0 Å². The Morgan fingerprint density at radius 1 is 0.891 bits per heavy atom. The van der Waals surface area contributed by atoms with E-state index < -0.39 is 6.04 Å². The molecule has 8 heteroatoms. The molecular weight excluding hydrogens is 574 g/mol. The molecule has 0 fully saturated rings. The Labute approximate surface area is 269 Å². The minimum absolute atomic E-state index is 0.0672. The maximum absolute atomic E-state index is 14.5. The Bertz CT molecular complexity index is 1790. The number of amides is 2. The van der Waals surface area contributed by atoms with E-state index in [1.165, 1.54) is 11.6 Å². The van der Waals surface area contributed by atoms with Crippen molar-refractivity contribution in [3.05, 3.63) is 149 Å². The summed E-state index contributed by atoms with van der Waals surface area (Å²) in [5.74, 6) is 0.162. The first-order valence-electron chi connectivity index (χ1n) is 15.3. The van der Waals surface area contributed by atoms with E-state index in [0.717, 1.165) is 39.9 Å². The van der Waals surface area contributed by atoms with Gasteiger partial charge in [-0.3, -0.25) is 9.59 Å². The highest BCUT2D eigenvalue weighted by Crippen LogP contribution is 2.24. The van der Waals surface area contributed by atoms with E-state index in [2.05, 4.69) is 27.3 Å². The lowest BCUT2D eigenvalue weighted by molar-refractivity contribution is -0.144. The number of nitrogens with zero attached hydrogens (tertiary/aromatic N) is 5. The van der Waals surface area contributed by atoms with E-state index in [1.807, 2.05) is 89.8 Å². The van der Waals surface area contributed by atoms with Crippen molar-refractivity contribution in [2.75, 3.05) is 13.7 Å². The maximum atomic E-state index is 14.5. The van der Waals surface area contributed by atoms with Crippen molar-refractivity contribution in [3.8, 4) is 17.1 Å². The molecule has 2 amide bonds. The first-order chi connectivity index (χ1) is 22.6. The summed E-state index contributed by atoms with van der Waals surface area (Å²) in [6.45, 7) is 1.37. The van der Waals surface area contributed by atoms with Crippen molar-refractivity contribution < 1.29 is 14.3 Å². The highest BCUT2D eigenvalue weighted by atomic mass is 16.5. The molecule has 0 N–H and O–H groups in total. The summed E-state index contributed by atoms with van der Waals surface area (Å²) in [5, 5.41) is 8.20. The van der Waals surface area contributed by atoms with Crippen LogP contribution in [0, 0.1) is 0 Å². The molecule has 5 aromatic rings. The number of carbonyl (C=O) groups is 2. The summed E-state index contributed by atoms with van der Waals surface area (Å²) < 4.78 is 5.17. The number of methoxy groups -OCH3 is 1. The van der Waals surface area contributed by atoms with Crippen LogP contribution in [-0.4, -0.2) is 56.5 Å². The molecule has 0 saturated heterocycles. The van der Waals surface area contributed by atoms with Gasteiger partial charge in [0, 0.05) is 56.2 Å². The van der Waals surface area contributed by atoms with Gasteiger partial charge in [-0.05, 0) is 58.5 Å². The topological polar surface area (TPSA) is 88.5 Å². The molecular formula is C38H35N5O3. The minimum Gasteiger partial charge on any atom is -0.481 e. The maximum Gasteiger partial charge on any atom is 0.247 e. The summed E-state index contributed by atoms with van der Waals surface area (Å²) in [4.78, 5) is 36.5. The third-order valence-electron chi connectivity index (χ3n) is 8.22. The van der Waals surface area contributed by atoms with Crippen LogP contribution in [0.15, 0.2) is 122 Å². The fraction of sp³-hybridized carbons (Fsp3) is 0.184. The number of pyridine rings is 1. The molecule has 8 nitrogen and oxygen atoms in total. The quantitative estimate of drug-likeness (QED) is 0.187. The number of hydrogen-bond donors (Lipinski definition) is 0. The Morgan fingerprint density at radius 3 is 2.39 bits per heavy atom. The van der Waals surface area contributed by atoms with Crippen LogP contribution >= 0.6 is 0 Å².